The Hall–Kier alpha value is -3.20. The summed E-state index contributed by atoms with van der Waals surface area (Å²) in [5.74, 6) is -3.08. The van der Waals surface area contributed by atoms with Gasteiger partial charge < -0.3 is 14.8 Å². The van der Waals surface area contributed by atoms with Crippen LogP contribution in [0.2, 0.25) is 0 Å². The molecule has 1 amide bonds. The summed E-state index contributed by atoms with van der Waals surface area (Å²) in [7, 11) is -1.52. The summed E-state index contributed by atoms with van der Waals surface area (Å²) in [5.41, 5.74) is 0.954. The minimum Gasteiger partial charge on any atom is -0.465 e. The summed E-state index contributed by atoms with van der Waals surface area (Å²) in [6.07, 6.45) is 0. The molecule has 1 N–H and O–H groups in total. The Kier molecular flexibility index (Phi) is 6.53. The molecular formula is C19H19NO7S. The minimum absolute atomic E-state index is 0.00194. The minimum atomic E-state index is -3.85. The number of carbonyl (C=O) groups is 3. The van der Waals surface area contributed by atoms with E-state index in [9.17, 15) is 22.8 Å². The number of anilines is 1. The highest BCUT2D eigenvalue weighted by Gasteiger charge is 2.21. The van der Waals surface area contributed by atoms with Gasteiger partial charge in [-0.05, 0) is 37.3 Å². The summed E-state index contributed by atoms with van der Waals surface area (Å²) < 4.78 is 34.0. The van der Waals surface area contributed by atoms with Crippen molar-refractivity contribution in [2.75, 3.05) is 25.3 Å². The molecule has 2 aromatic rings. The number of amides is 1. The average Bonchev–Trinajstić information content (AvgIpc) is 2.66. The van der Waals surface area contributed by atoms with Crippen molar-refractivity contribution in [2.24, 2.45) is 0 Å². The number of esters is 2. The molecule has 9 heteroatoms. The molecule has 0 heterocycles. The molecule has 0 aromatic heterocycles. The maximum atomic E-state index is 12.4. The second kappa shape index (κ2) is 8.66. The Bertz CT molecular complexity index is 977. The standard InChI is InChI=1S/C19H19NO7S/c1-12-4-6-16(7-5-12)28(24,25)11-17(21)20-15-9-13(18(22)26-2)8-14(10-15)19(23)27-3/h4-10H,11H2,1-3H3,(H,20,21). The van der Waals surface area contributed by atoms with E-state index in [0.717, 1.165) is 5.56 Å². The van der Waals surface area contributed by atoms with Crippen molar-refractivity contribution in [2.45, 2.75) is 11.8 Å². The predicted octanol–water partition coefficient (Wildman–Crippen LogP) is 1.98. The maximum Gasteiger partial charge on any atom is 0.337 e. The van der Waals surface area contributed by atoms with Gasteiger partial charge in [-0.2, -0.15) is 0 Å². The van der Waals surface area contributed by atoms with E-state index in [-0.39, 0.29) is 21.7 Å². The third-order valence-corrected chi connectivity index (χ3v) is 5.39. The number of ether oxygens (including phenoxy) is 2. The topological polar surface area (TPSA) is 116 Å². The van der Waals surface area contributed by atoms with E-state index in [1.807, 2.05) is 6.92 Å². The van der Waals surface area contributed by atoms with Gasteiger partial charge in [0.25, 0.3) is 0 Å². The van der Waals surface area contributed by atoms with Crippen LogP contribution in [0.15, 0.2) is 47.4 Å². The van der Waals surface area contributed by atoms with Gasteiger partial charge >= 0.3 is 11.9 Å². The van der Waals surface area contributed by atoms with Crippen LogP contribution in [0.4, 0.5) is 5.69 Å². The first-order valence-corrected chi connectivity index (χ1v) is 9.72. The first-order chi connectivity index (χ1) is 13.2. The van der Waals surface area contributed by atoms with Crippen LogP contribution in [-0.4, -0.2) is 46.2 Å². The first kappa shape index (κ1) is 21.1. The summed E-state index contributed by atoms with van der Waals surface area (Å²) >= 11 is 0. The molecule has 8 nitrogen and oxygen atoms in total. The maximum absolute atomic E-state index is 12.4. The van der Waals surface area contributed by atoms with Crippen molar-refractivity contribution < 1.29 is 32.3 Å². The molecule has 2 rings (SSSR count). The molecule has 0 spiro atoms. The molecular weight excluding hydrogens is 386 g/mol. The van der Waals surface area contributed by atoms with Crippen LogP contribution in [0.5, 0.6) is 0 Å². The third-order valence-electron chi connectivity index (χ3n) is 3.76. The van der Waals surface area contributed by atoms with Crippen molar-refractivity contribution in [3.05, 3.63) is 59.2 Å². The van der Waals surface area contributed by atoms with Gasteiger partial charge in [0.1, 0.15) is 5.75 Å². The fraction of sp³-hybridized carbons (Fsp3) is 0.211. The van der Waals surface area contributed by atoms with E-state index >= 15 is 0 Å². The van der Waals surface area contributed by atoms with Crippen molar-refractivity contribution in [1.82, 2.24) is 0 Å². The number of hydrogen-bond acceptors (Lipinski definition) is 7. The molecule has 148 valence electrons. The smallest absolute Gasteiger partial charge is 0.337 e. The molecule has 0 aliphatic heterocycles. The zero-order valence-electron chi connectivity index (χ0n) is 15.5. The quantitative estimate of drug-likeness (QED) is 0.731. The molecule has 0 saturated carbocycles. The van der Waals surface area contributed by atoms with E-state index < -0.39 is 33.4 Å². The normalized spacial score (nSPS) is 10.8. The van der Waals surface area contributed by atoms with Crippen molar-refractivity contribution in [3.63, 3.8) is 0 Å². The highest BCUT2D eigenvalue weighted by atomic mass is 32.2. The van der Waals surface area contributed by atoms with Crippen LogP contribution in [-0.2, 0) is 24.1 Å². The molecule has 0 saturated heterocycles. The monoisotopic (exact) mass is 405 g/mol. The second-order valence-corrected chi connectivity index (χ2v) is 7.89. The largest absolute Gasteiger partial charge is 0.465 e. The number of benzene rings is 2. The van der Waals surface area contributed by atoms with Gasteiger partial charge in [-0.3, -0.25) is 4.79 Å². The Labute approximate surface area is 162 Å². The lowest BCUT2D eigenvalue weighted by molar-refractivity contribution is -0.113. The van der Waals surface area contributed by atoms with E-state index in [2.05, 4.69) is 14.8 Å². The number of aryl methyl sites for hydroxylation is 1. The number of hydrogen-bond donors (Lipinski definition) is 1. The van der Waals surface area contributed by atoms with Crippen LogP contribution in [0, 0.1) is 6.92 Å². The van der Waals surface area contributed by atoms with Crippen molar-refractivity contribution in [1.29, 1.82) is 0 Å². The van der Waals surface area contributed by atoms with Crippen LogP contribution in [0.3, 0.4) is 0 Å². The third kappa shape index (κ3) is 5.17. The van der Waals surface area contributed by atoms with Crippen molar-refractivity contribution in [3.8, 4) is 0 Å². The summed E-state index contributed by atoms with van der Waals surface area (Å²) in [6, 6.07) is 9.90. The van der Waals surface area contributed by atoms with Gasteiger partial charge in [0.15, 0.2) is 9.84 Å². The van der Waals surface area contributed by atoms with E-state index in [1.54, 1.807) is 12.1 Å². The second-order valence-electron chi connectivity index (χ2n) is 5.90. The van der Waals surface area contributed by atoms with Gasteiger partial charge in [-0.25, -0.2) is 18.0 Å². The lowest BCUT2D eigenvalue weighted by Gasteiger charge is -2.10. The Balaban J connectivity index is 2.26. The van der Waals surface area contributed by atoms with Gasteiger partial charge in [-0.1, -0.05) is 17.7 Å². The zero-order chi connectivity index (χ0) is 20.9. The Morgan fingerprint density at radius 3 is 1.86 bits per heavy atom. The first-order valence-electron chi connectivity index (χ1n) is 8.07. The van der Waals surface area contributed by atoms with Crippen LogP contribution >= 0.6 is 0 Å². The van der Waals surface area contributed by atoms with Gasteiger partial charge in [0.2, 0.25) is 5.91 Å². The molecule has 2 aromatic carbocycles. The molecule has 0 bridgehead atoms. The fourth-order valence-electron chi connectivity index (χ4n) is 2.37. The Morgan fingerprint density at radius 1 is 0.893 bits per heavy atom. The molecule has 0 atom stereocenters. The van der Waals surface area contributed by atoms with Gasteiger partial charge in [-0.15, -0.1) is 0 Å². The highest BCUT2D eigenvalue weighted by Crippen LogP contribution is 2.18. The molecule has 28 heavy (non-hydrogen) atoms. The highest BCUT2D eigenvalue weighted by molar-refractivity contribution is 7.92. The summed E-state index contributed by atoms with van der Waals surface area (Å²) in [6.45, 7) is 1.82. The van der Waals surface area contributed by atoms with Crippen LogP contribution in [0.1, 0.15) is 26.3 Å². The van der Waals surface area contributed by atoms with E-state index in [1.165, 1.54) is 44.6 Å². The van der Waals surface area contributed by atoms with Crippen LogP contribution < -0.4 is 5.32 Å². The number of rotatable bonds is 6. The van der Waals surface area contributed by atoms with Crippen LogP contribution in [0.25, 0.3) is 0 Å². The molecule has 0 unspecified atom stereocenters. The fourth-order valence-corrected chi connectivity index (χ4v) is 3.50. The molecule has 0 aliphatic carbocycles. The van der Waals surface area contributed by atoms with E-state index in [0.29, 0.717) is 0 Å². The van der Waals surface area contributed by atoms with E-state index in [4.69, 9.17) is 0 Å². The Morgan fingerprint density at radius 2 is 1.39 bits per heavy atom. The van der Waals surface area contributed by atoms with Gasteiger partial charge in [0.05, 0.1) is 30.2 Å². The molecule has 0 aliphatic rings. The number of nitrogens with one attached hydrogen (secondary N) is 1. The molecule has 0 fully saturated rings. The number of sulfone groups is 1. The lowest BCUT2D eigenvalue weighted by atomic mass is 10.1. The summed E-state index contributed by atoms with van der Waals surface area (Å²) in [4.78, 5) is 35.8. The predicted molar refractivity (Wildman–Crippen MR) is 101 cm³/mol. The summed E-state index contributed by atoms with van der Waals surface area (Å²) in [5, 5.41) is 2.38. The number of methoxy groups -OCH3 is 2. The lowest BCUT2D eigenvalue weighted by Crippen LogP contribution is -2.23. The SMILES string of the molecule is COC(=O)c1cc(NC(=O)CS(=O)(=O)c2ccc(C)cc2)cc(C(=O)OC)c1. The molecule has 0 radical (unpaired) electrons. The van der Waals surface area contributed by atoms with Gasteiger partial charge in [0, 0.05) is 5.69 Å². The zero-order valence-corrected chi connectivity index (χ0v) is 16.3. The van der Waals surface area contributed by atoms with Crippen molar-refractivity contribution >= 4 is 33.4 Å². The number of carbonyl (C=O) groups excluding carboxylic acids is 3. The average molecular weight is 405 g/mol.